The molecule has 0 spiro atoms. The lowest BCUT2D eigenvalue weighted by molar-refractivity contribution is -0.286. The lowest BCUT2D eigenvalue weighted by atomic mass is 9.76. The van der Waals surface area contributed by atoms with Crippen LogP contribution in [0.1, 0.15) is 19.3 Å². The molecule has 2 aliphatic carbocycles. The summed E-state index contributed by atoms with van der Waals surface area (Å²) >= 11 is 0. The monoisotopic (exact) mass is 752 g/mol. The summed E-state index contributed by atoms with van der Waals surface area (Å²) in [5.74, 6) is -1.43. The minimum atomic E-state index is -1.71. The Balaban J connectivity index is 1.33. The van der Waals surface area contributed by atoms with Crippen molar-refractivity contribution < 1.29 is 74.1 Å². The van der Waals surface area contributed by atoms with Crippen molar-refractivity contribution in [3.8, 4) is 0 Å². The van der Waals surface area contributed by atoms with Gasteiger partial charge >= 0.3 is 0 Å². The van der Waals surface area contributed by atoms with Gasteiger partial charge in [-0.1, -0.05) is 12.2 Å². The molecule has 21 nitrogen and oxygen atoms in total. The maximum Gasteiger partial charge on any atom is 0.187 e. The van der Waals surface area contributed by atoms with Gasteiger partial charge < -0.3 is 103 Å². The number of nitrogens with two attached hydrogens (primary N) is 5. The van der Waals surface area contributed by atoms with Gasteiger partial charge in [-0.2, -0.15) is 0 Å². The minimum Gasteiger partial charge on any atom is -0.394 e. The topological polar surface area (TPSA) is 376 Å². The highest BCUT2D eigenvalue weighted by Crippen LogP contribution is 2.41. The molecule has 2 saturated heterocycles. The number of aliphatic hydroxyl groups excluding tert-OH is 7. The zero-order valence-electron chi connectivity index (χ0n) is 28.6. The number of Topliss-reactive ketones (excluding diaryl/α,β-unsaturated/α-hetero) is 1. The number of carbonyl (C=O) groups is 1. The Hall–Kier alpha value is -1.39. The Kier molecular flexibility index (Phi) is 14.1. The fourth-order valence-corrected chi connectivity index (χ4v) is 7.10. The van der Waals surface area contributed by atoms with Crippen molar-refractivity contribution in [1.82, 2.24) is 5.32 Å². The minimum absolute atomic E-state index is 0.0387. The first kappa shape index (κ1) is 41.8. The van der Waals surface area contributed by atoms with Crippen molar-refractivity contribution in [1.29, 1.82) is 0 Å². The predicted molar refractivity (Wildman–Crippen MR) is 175 cm³/mol. The zero-order chi connectivity index (χ0) is 38.1. The van der Waals surface area contributed by atoms with Crippen LogP contribution in [0.5, 0.6) is 0 Å². The largest absolute Gasteiger partial charge is 0.394 e. The molecule has 0 aromatic carbocycles. The fourth-order valence-electron chi connectivity index (χ4n) is 7.10. The van der Waals surface area contributed by atoms with Gasteiger partial charge in [0.05, 0.1) is 43.6 Å². The molecule has 21 heteroatoms. The molecule has 4 fully saturated rings. The van der Waals surface area contributed by atoms with E-state index in [1.165, 1.54) is 0 Å². The van der Waals surface area contributed by atoms with Crippen LogP contribution in [0.3, 0.4) is 0 Å². The van der Waals surface area contributed by atoms with E-state index in [1.54, 1.807) is 12.2 Å². The number of ketones is 1. The number of aliphatic hydroxyl groups is 8. The van der Waals surface area contributed by atoms with Crippen LogP contribution in [0.25, 0.3) is 0 Å². The molecule has 19 N–H and O–H groups in total. The van der Waals surface area contributed by atoms with Gasteiger partial charge in [0.2, 0.25) is 0 Å². The maximum absolute atomic E-state index is 13.0. The summed E-state index contributed by atoms with van der Waals surface area (Å²) in [6.45, 7) is -0.985. The predicted octanol–water partition coefficient (Wildman–Crippen LogP) is -8.37. The van der Waals surface area contributed by atoms with E-state index in [-0.39, 0.29) is 38.9 Å². The molecule has 0 aromatic heterocycles. The normalized spacial score (nSPS) is 48.5. The van der Waals surface area contributed by atoms with Crippen LogP contribution in [0.15, 0.2) is 12.2 Å². The van der Waals surface area contributed by atoms with Gasteiger partial charge in [0.25, 0.3) is 0 Å². The quantitative estimate of drug-likeness (QED) is 0.0651. The Morgan fingerprint density at radius 3 is 2.15 bits per heavy atom. The van der Waals surface area contributed by atoms with E-state index in [0.29, 0.717) is 0 Å². The molecule has 3 heterocycles. The zero-order valence-corrected chi connectivity index (χ0v) is 28.6. The third-order valence-electron chi connectivity index (χ3n) is 10.5. The lowest BCUT2D eigenvalue weighted by Gasteiger charge is -2.46. The van der Waals surface area contributed by atoms with Crippen molar-refractivity contribution in [2.45, 2.75) is 135 Å². The van der Waals surface area contributed by atoms with Crippen LogP contribution in [0, 0.1) is 5.92 Å². The molecule has 5 rings (SSSR count). The van der Waals surface area contributed by atoms with Crippen LogP contribution in [0.4, 0.5) is 0 Å². The number of rotatable bonds is 16. The summed E-state index contributed by atoms with van der Waals surface area (Å²) < 4.78 is 35.8. The van der Waals surface area contributed by atoms with E-state index in [0.717, 1.165) is 0 Å². The fraction of sp³-hybridized carbons (Fsp3) is 0.903. The average Bonchev–Trinajstić information content (AvgIpc) is 3.64. The van der Waals surface area contributed by atoms with E-state index >= 15 is 0 Å². The van der Waals surface area contributed by atoms with E-state index in [2.05, 4.69) is 5.32 Å². The molecular formula is C31H56N6O15. The summed E-state index contributed by atoms with van der Waals surface area (Å²) in [5.41, 5.74) is 28.7. The maximum atomic E-state index is 13.0. The first-order valence-corrected chi connectivity index (χ1v) is 17.5. The van der Waals surface area contributed by atoms with Gasteiger partial charge in [-0.15, -0.1) is 0 Å². The number of hydrogen-bond acceptors (Lipinski definition) is 21. The van der Waals surface area contributed by atoms with Crippen LogP contribution < -0.4 is 34.0 Å². The van der Waals surface area contributed by atoms with Crippen molar-refractivity contribution in [3.05, 3.63) is 12.2 Å². The first-order chi connectivity index (χ1) is 24.6. The number of hydrogen-bond donors (Lipinski definition) is 14. The molecule has 300 valence electrons. The standard InChI is InChI=1S/C31H56N6O15/c32-6-16-22(43)23(44)20(36)29(48-16)51-26-17(10-39)49-30(24(26)45)52-27-21(42)11(4-19(41)31(46)5-18(31)35)3-15(34)25(27)50-28-14(33)2-1-13(47-28)8-37-7-12(40)9-38/h1-2,11-18,20-30,37-40,42-46H,3-10,32-36H2/t11-,12?,13-,14+,15-,16-,17+,18?,20+,21-,22+,23+,24+,25+,26+,27+,28+,29+,30-,31?/m0/s1. The average molecular weight is 753 g/mol. The number of nitrogens with one attached hydrogen (secondary N) is 1. The molecule has 0 radical (unpaired) electrons. The van der Waals surface area contributed by atoms with Crippen LogP contribution in [-0.4, -0.2) is 195 Å². The first-order valence-electron chi connectivity index (χ1n) is 17.5. The van der Waals surface area contributed by atoms with Gasteiger partial charge in [0.15, 0.2) is 24.7 Å². The highest BCUT2D eigenvalue weighted by atomic mass is 16.8. The van der Waals surface area contributed by atoms with Crippen molar-refractivity contribution in [3.63, 3.8) is 0 Å². The SMILES string of the molecule is NC[C@@H]1O[C@H](O[C@H]2[C@@H](O)[C@H](O[C@@H]3[C@@H](O)[C@H](CC(=O)C4(O)CC4N)C[C@H](N)[C@H]3O[C@H]3O[C@H](CNCC(O)CO)C=C[C@H]3N)O[C@@H]2CO)[C@H](N)[C@@H](O)[C@@H]1O. The van der Waals surface area contributed by atoms with Crippen LogP contribution >= 0.6 is 0 Å². The molecule has 3 unspecified atom stereocenters. The Bertz CT molecular complexity index is 1210. The Labute approximate surface area is 299 Å². The smallest absolute Gasteiger partial charge is 0.187 e. The van der Waals surface area contributed by atoms with Crippen LogP contribution in [-0.2, 0) is 33.2 Å². The third-order valence-corrected chi connectivity index (χ3v) is 10.5. The van der Waals surface area contributed by atoms with Crippen LogP contribution in [0.2, 0.25) is 0 Å². The lowest BCUT2D eigenvalue weighted by Crippen LogP contribution is -2.64. The molecule has 0 aromatic rings. The van der Waals surface area contributed by atoms with Crippen molar-refractivity contribution >= 4 is 5.78 Å². The van der Waals surface area contributed by atoms with E-state index in [9.17, 15) is 40.5 Å². The van der Waals surface area contributed by atoms with Crippen molar-refractivity contribution in [2.24, 2.45) is 34.6 Å². The Morgan fingerprint density at radius 1 is 0.865 bits per heavy atom. The summed E-state index contributed by atoms with van der Waals surface area (Å²) in [6, 6.07) is -3.73. The van der Waals surface area contributed by atoms with Gasteiger partial charge in [-0.25, -0.2) is 0 Å². The summed E-state index contributed by atoms with van der Waals surface area (Å²) in [6.07, 6.45) is -14.8. The number of carbonyl (C=O) groups excluding carboxylic acids is 1. The molecule has 0 bridgehead atoms. The second kappa shape index (κ2) is 17.6. The summed E-state index contributed by atoms with van der Waals surface area (Å²) in [7, 11) is 0. The summed E-state index contributed by atoms with van der Waals surface area (Å²) in [4.78, 5) is 13.0. The van der Waals surface area contributed by atoms with E-state index in [4.69, 9.17) is 62.2 Å². The second-order valence-electron chi connectivity index (χ2n) is 14.4. The molecule has 3 aliphatic heterocycles. The van der Waals surface area contributed by atoms with E-state index < -0.39 is 141 Å². The van der Waals surface area contributed by atoms with Gasteiger partial charge in [0.1, 0.15) is 54.4 Å². The van der Waals surface area contributed by atoms with Gasteiger partial charge in [-0.05, 0) is 12.3 Å². The molecule has 52 heavy (non-hydrogen) atoms. The molecule has 0 amide bonds. The second-order valence-corrected chi connectivity index (χ2v) is 14.4. The van der Waals surface area contributed by atoms with E-state index in [1.807, 2.05) is 0 Å². The molecule has 20 atom stereocenters. The number of ether oxygens (including phenoxy) is 6. The summed E-state index contributed by atoms with van der Waals surface area (Å²) in [5, 5.41) is 86.2. The highest BCUT2D eigenvalue weighted by Gasteiger charge is 2.58. The molecule has 5 aliphatic rings. The third kappa shape index (κ3) is 9.01. The van der Waals surface area contributed by atoms with Gasteiger partial charge in [-0.3, -0.25) is 4.79 Å². The molecule has 2 saturated carbocycles. The Morgan fingerprint density at radius 2 is 1.52 bits per heavy atom. The molecular weight excluding hydrogens is 696 g/mol. The van der Waals surface area contributed by atoms with Gasteiger partial charge in [0, 0.05) is 44.6 Å². The highest BCUT2D eigenvalue weighted by molar-refractivity contribution is 5.91. The van der Waals surface area contributed by atoms with Crippen molar-refractivity contribution in [2.75, 3.05) is 32.8 Å².